The number of unbranched alkanes of at least 4 members (excludes halogenated alkanes) is 2. The van der Waals surface area contributed by atoms with Crippen molar-refractivity contribution in [1.82, 2.24) is 4.72 Å². The van der Waals surface area contributed by atoms with E-state index in [1.165, 1.54) is 12.1 Å². The molecule has 0 aromatic heterocycles. The maximum atomic E-state index is 12.2. The molecule has 22 heavy (non-hydrogen) atoms. The van der Waals surface area contributed by atoms with Gasteiger partial charge in [-0.25, -0.2) is 13.1 Å². The maximum absolute atomic E-state index is 12.2. The number of nitrogens with one attached hydrogen (secondary N) is 2. The quantitative estimate of drug-likeness (QED) is 0.755. The van der Waals surface area contributed by atoms with Gasteiger partial charge >= 0.3 is 0 Å². The Hall–Kier alpha value is -1.40. The molecule has 6 heteroatoms. The van der Waals surface area contributed by atoms with E-state index in [2.05, 4.69) is 17.0 Å². The van der Waals surface area contributed by atoms with Crippen molar-refractivity contribution in [2.24, 2.45) is 0 Å². The molecule has 1 amide bonds. The highest BCUT2D eigenvalue weighted by molar-refractivity contribution is 7.89. The molecule has 1 rings (SSSR count). The van der Waals surface area contributed by atoms with Crippen LogP contribution in [-0.2, 0) is 14.8 Å². The molecule has 0 unspecified atom stereocenters. The average molecular weight is 326 g/mol. The molecule has 0 bridgehead atoms. The highest BCUT2D eigenvalue weighted by atomic mass is 32.2. The van der Waals surface area contributed by atoms with Crippen LogP contribution < -0.4 is 10.0 Å². The number of carbonyl (C=O) groups is 1. The highest BCUT2D eigenvalue weighted by Crippen LogP contribution is 2.16. The molecule has 0 radical (unpaired) electrons. The zero-order valence-corrected chi connectivity index (χ0v) is 14.6. The topological polar surface area (TPSA) is 75.3 Å². The van der Waals surface area contributed by atoms with Gasteiger partial charge in [0.15, 0.2) is 0 Å². The van der Waals surface area contributed by atoms with Gasteiger partial charge in [-0.2, -0.15) is 0 Å². The predicted octanol–water partition coefficient (Wildman–Crippen LogP) is 3.28. The zero-order valence-electron chi connectivity index (χ0n) is 13.8. The van der Waals surface area contributed by atoms with Crippen LogP contribution in [0.15, 0.2) is 29.2 Å². The first-order valence-corrected chi connectivity index (χ1v) is 9.06. The van der Waals surface area contributed by atoms with Crippen LogP contribution in [0.4, 0.5) is 5.69 Å². The van der Waals surface area contributed by atoms with Crippen LogP contribution in [0.25, 0.3) is 0 Å². The van der Waals surface area contributed by atoms with Gasteiger partial charge in [0.2, 0.25) is 15.9 Å². The number of hydrogen-bond donors (Lipinski definition) is 2. The van der Waals surface area contributed by atoms with Crippen LogP contribution in [0.3, 0.4) is 0 Å². The van der Waals surface area contributed by atoms with E-state index in [-0.39, 0.29) is 10.8 Å². The average Bonchev–Trinajstić information content (AvgIpc) is 2.37. The fourth-order valence-electron chi connectivity index (χ4n) is 1.94. The van der Waals surface area contributed by atoms with Gasteiger partial charge in [0.25, 0.3) is 0 Å². The minimum atomic E-state index is -3.54. The predicted molar refractivity (Wildman–Crippen MR) is 89.3 cm³/mol. The van der Waals surface area contributed by atoms with E-state index in [0.29, 0.717) is 12.1 Å². The second-order valence-corrected chi connectivity index (χ2v) is 8.07. The molecule has 1 aromatic rings. The van der Waals surface area contributed by atoms with Crippen molar-refractivity contribution in [3.63, 3.8) is 0 Å². The van der Waals surface area contributed by atoms with Gasteiger partial charge in [-0.3, -0.25) is 4.79 Å². The number of rotatable bonds is 7. The number of benzene rings is 1. The van der Waals surface area contributed by atoms with E-state index in [0.717, 1.165) is 19.3 Å². The van der Waals surface area contributed by atoms with Gasteiger partial charge in [-0.15, -0.1) is 0 Å². The normalized spacial score (nSPS) is 12.2. The maximum Gasteiger partial charge on any atom is 0.241 e. The molecule has 0 aliphatic heterocycles. The standard InChI is InChI=1S/C16H26N2O3S/c1-5-6-7-8-15(19)17-13-9-11-14(12-10-13)22(20,21)18-16(2,3)4/h9-12,18H,5-8H2,1-4H3,(H,17,19). The van der Waals surface area contributed by atoms with Crippen molar-refractivity contribution < 1.29 is 13.2 Å². The van der Waals surface area contributed by atoms with E-state index in [4.69, 9.17) is 0 Å². The Morgan fingerprint density at radius 2 is 1.68 bits per heavy atom. The van der Waals surface area contributed by atoms with Gasteiger partial charge in [0.05, 0.1) is 4.90 Å². The van der Waals surface area contributed by atoms with Crippen molar-refractivity contribution in [3.8, 4) is 0 Å². The van der Waals surface area contributed by atoms with Crippen LogP contribution in [0.5, 0.6) is 0 Å². The molecule has 124 valence electrons. The zero-order chi connectivity index (χ0) is 16.8. The number of anilines is 1. The van der Waals surface area contributed by atoms with Crippen LogP contribution in [0.1, 0.15) is 53.4 Å². The second-order valence-electron chi connectivity index (χ2n) is 6.39. The number of hydrogen-bond acceptors (Lipinski definition) is 3. The van der Waals surface area contributed by atoms with Gasteiger partial charge in [0, 0.05) is 17.6 Å². The largest absolute Gasteiger partial charge is 0.326 e. The van der Waals surface area contributed by atoms with E-state index >= 15 is 0 Å². The molecular formula is C16H26N2O3S. The molecule has 0 saturated carbocycles. The van der Waals surface area contributed by atoms with E-state index < -0.39 is 15.6 Å². The lowest BCUT2D eigenvalue weighted by atomic mass is 10.1. The summed E-state index contributed by atoms with van der Waals surface area (Å²) in [4.78, 5) is 11.9. The molecule has 5 nitrogen and oxygen atoms in total. The van der Waals surface area contributed by atoms with Gasteiger partial charge in [-0.1, -0.05) is 19.8 Å². The summed E-state index contributed by atoms with van der Waals surface area (Å²) in [6.45, 7) is 7.45. The number of carbonyl (C=O) groups excluding carboxylic acids is 1. The Labute approximate surface area is 133 Å². The molecular weight excluding hydrogens is 300 g/mol. The van der Waals surface area contributed by atoms with E-state index in [1.54, 1.807) is 32.9 Å². The SMILES string of the molecule is CCCCCC(=O)Nc1ccc(S(=O)(=O)NC(C)(C)C)cc1. The summed E-state index contributed by atoms with van der Waals surface area (Å²) in [6.07, 6.45) is 3.45. The van der Waals surface area contributed by atoms with Crippen LogP contribution in [0, 0.1) is 0 Å². The summed E-state index contributed by atoms with van der Waals surface area (Å²) in [5.41, 5.74) is 0.0709. The van der Waals surface area contributed by atoms with Gasteiger partial charge < -0.3 is 5.32 Å². The summed E-state index contributed by atoms with van der Waals surface area (Å²) in [6, 6.07) is 6.20. The molecule has 0 atom stereocenters. The molecule has 0 aliphatic rings. The van der Waals surface area contributed by atoms with Crippen LogP contribution >= 0.6 is 0 Å². The molecule has 0 spiro atoms. The second kappa shape index (κ2) is 7.74. The Kier molecular flexibility index (Phi) is 6.56. The first-order chi connectivity index (χ1) is 10.1. The fourth-order valence-corrected chi connectivity index (χ4v) is 3.36. The summed E-state index contributed by atoms with van der Waals surface area (Å²) in [7, 11) is -3.54. The highest BCUT2D eigenvalue weighted by Gasteiger charge is 2.21. The molecule has 0 heterocycles. The Morgan fingerprint density at radius 1 is 1.09 bits per heavy atom. The third-order valence-corrected chi connectivity index (χ3v) is 4.67. The molecule has 0 fully saturated rings. The van der Waals surface area contributed by atoms with E-state index in [1.807, 2.05) is 0 Å². The van der Waals surface area contributed by atoms with Crippen molar-refractivity contribution in [2.45, 2.75) is 63.8 Å². The Balaban J connectivity index is 2.69. The summed E-state index contributed by atoms with van der Waals surface area (Å²) in [5.74, 6) is -0.0446. The smallest absolute Gasteiger partial charge is 0.241 e. The van der Waals surface area contributed by atoms with Crippen LogP contribution in [-0.4, -0.2) is 19.9 Å². The summed E-state index contributed by atoms with van der Waals surface area (Å²) in [5, 5.41) is 2.77. The van der Waals surface area contributed by atoms with Crippen molar-refractivity contribution in [1.29, 1.82) is 0 Å². The van der Waals surface area contributed by atoms with Crippen molar-refractivity contribution >= 4 is 21.6 Å². The Bertz CT molecular complexity index is 587. The monoisotopic (exact) mass is 326 g/mol. The molecule has 1 aromatic carbocycles. The molecule has 2 N–H and O–H groups in total. The minimum absolute atomic E-state index is 0.0446. The lowest BCUT2D eigenvalue weighted by molar-refractivity contribution is -0.116. The number of amides is 1. The van der Waals surface area contributed by atoms with Crippen LogP contribution in [0.2, 0.25) is 0 Å². The lowest BCUT2D eigenvalue weighted by Crippen LogP contribution is -2.40. The number of sulfonamides is 1. The minimum Gasteiger partial charge on any atom is -0.326 e. The summed E-state index contributed by atoms with van der Waals surface area (Å²) >= 11 is 0. The van der Waals surface area contributed by atoms with Gasteiger partial charge in [0.1, 0.15) is 0 Å². The first-order valence-electron chi connectivity index (χ1n) is 7.58. The van der Waals surface area contributed by atoms with Crippen molar-refractivity contribution in [3.05, 3.63) is 24.3 Å². The molecule has 0 saturated heterocycles. The molecule has 0 aliphatic carbocycles. The third kappa shape index (κ3) is 6.58. The fraction of sp³-hybridized carbons (Fsp3) is 0.562. The van der Waals surface area contributed by atoms with E-state index in [9.17, 15) is 13.2 Å². The summed E-state index contributed by atoms with van der Waals surface area (Å²) < 4.78 is 26.9. The lowest BCUT2D eigenvalue weighted by Gasteiger charge is -2.20. The first kappa shape index (κ1) is 18.6. The van der Waals surface area contributed by atoms with Gasteiger partial charge in [-0.05, 0) is 51.5 Å². The van der Waals surface area contributed by atoms with Crippen molar-refractivity contribution in [2.75, 3.05) is 5.32 Å². The Morgan fingerprint density at radius 3 is 2.18 bits per heavy atom. The third-order valence-electron chi connectivity index (χ3n) is 2.90.